The number of fused-ring (bicyclic) bond motifs is 1. The van der Waals surface area contributed by atoms with Crippen LogP contribution in [0.2, 0.25) is 0 Å². The monoisotopic (exact) mass is 279 g/mol. The van der Waals surface area contributed by atoms with Crippen molar-refractivity contribution < 1.29 is 14.2 Å². The smallest absolute Gasteiger partial charge is 0.127 e. The third-order valence-electron chi connectivity index (χ3n) is 4.45. The van der Waals surface area contributed by atoms with Gasteiger partial charge in [0, 0.05) is 42.7 Å². The van der Waals surface area contributed by atoms with Crippen LogP contribution in [0.25, 0.3) is 0 Å². The normalized spacial score (nSPS) is 25.7. The predicted octanol–water partition coefficient (Wildman–Crippen LogP) is 2.79. The minimum atomic E-state index is -0.311. The van der Waals surface area contributed by atoms with Crippen LogP contribution in [0.15, 0.2) is 18.2 Å². The maximum atomic E-state index is 13.4. The van der Waals surface area contributed by atoms with E-state index in [2.05, 4.69) is 5.32 Å². The van der Waals surface area contributed by atoms with E-state index in [0.29, 0.717) is 5.75 Å². The van der Waals surface area contributed by atoms with Crippen LogP contribution in [0.4, 0.5) is 4.39 Å². The first kappa shape index (κ1) is 13.8. The molecule has 1 aromatic rings. The Morgan fingerprint density at radius 1 is 1.40 bits per heavy atom. The Labute approximate surface area is 119 Å². The predicted molar refractivity (Wildman–Crippen MR) is 75.2 cm³/mol. The third kappa shape index (κ3) is 2.67. The molecule has 3 nitrogen and oxygen atoms in total. The van der Waals surface area contributed by atoms with Crippen molar-refractivity contribution in [1.82, 2.24) is 5.32 Å². The van der Waals surface area contributed by atoms with Crippen molar-refractivity contribution in [1.29, 1.82) is 0 Å². The minimum Gasteiger partial charge on any atom is -0.487 e. The van der Waals surface area contributed by atoms with E-state index in [0.717, 1.165) is 31.4 Å². The molecule has 0 spiro atoms. The summed E-state index contributed by atoms with van der Waals surface area (Å²) >= 11 is 0. The summed E-state index contributed by atoms with van der Waals surface area (Å²) in [6.45, 7) is 5.09. The first-order valence-corrected chi connectivity index (χ1v) is 7.26. The number of aliphatic hydroxyl groups is 1. The molecule has 1 aliphatic heterocycles. The number of benzene rings is 1. The topological polar surface area (TPSA) is 41.5 Å². The van der Waals surface area contributed by atoms with Crippen molar-refractivity contribution in [3.63, 3.8) is 0 Å². The molecule has 0 amide bonds. The van der Waals surface area contributed by atoms with E-state index in [1.807, 2.05) is 13.8 Å². The van der Waals surface area contributed by atoms with Gasteiger partial charge in [-0.3, -0.25) is 0 Å². The fraction of sp³-hybridized carbons (Fsp3) is 0.625. The number of ether oxygens (including phenoxy) is 1. The van der Waals surface area contributed by atoms with Crippen LogP contribution in [0, 0.1) is 11.2 Å². The Kier molecular flexibility index (Phi) is 3.26. The van der Waals surface area contributed by atoms with Gasteiger partial charge in [-0.25, -0.2) is 4.39 Å². The number of hydrogen-bond acceptors (Lipinski definition) is 3. The molecule has 1 fully saturated rings. The summed E-state index contributed by atoms with van der Waals surface area (Å²) in [5, 5.41) is 13.0. The number of nitrogens with one attached hydrogen (secondary N) is 1. The van der Waals surface area contributed by atoms with Crippen molar-refractivity contribution in [2.75, 3.05) is 13.2 Å². The number of rotatable bonds is 4. The van der Waals surface area contributed by atoms with E-state index in [1.165, 1.54) is 12.1 Å². The molecule has 1 atom stereocenters. The lowest BCUT2D eigenvalue weighted by Gasteiger charge is -2.38. The highest BCUT2D eigenvalue weighted by atomic mass is 19.1. The van der Waals surface area contributed by atoms with E-state index in [9.17, 15) is 9.50 Å². The summed E-state index contributed by atoms with van der Waals surface area (Å²) < 4.78 is 19.3. The largest absolute Gasteiger partial charge is 0.487 e. The van der Waals surface area contributed by atoms with Crippen molar-refractivity contribution in [2.45, 2.75) is 44.8 Å². The van der Waals surface area contributed by atoms with E-state index >= 15 is 0 Å². The van der Waals surface area contributed by atoms with E-state index in [1.54, 1.807) is 6.07 Å². The van der Waals surface area contributed by atoms with Gasteiger partial charge in [-0.05, 0) is 32.8 Å². The SMILES string of the molecule is CC1(C)CC(NCC2(CO)CC2)c2ccc(F)cc2O1. The fourth-order valence-corrected chi connectivity index (χ4v) is 2.91. The van der Waals surface area contributed by atoms with E-state index < -0.39 is 0 Å². The molecule has 4 heteroatoms. The molecule has 110 valence electrons. The Balaban J connectivity index is 1.80. The van der Waals surface area contributed by atoms with Gasteiger partial charge in [0.15, 0.2) is 0 Å². The molecule has 0 aromatic heterocycles. The molecule has 1 saturated carbocycles. The third-order valence-corrected chi connectivity index (χ3v) is 4.45. The molecule has 1 aliphatic carbocycles. The summed E-state index contributed by atoms with van der Waals surface area (Å²) in [6.07, 6.45) is 3.01. The summed E-state index contributed by atoms with van der Waals surface area (Å²) in [4.78, 5) is 0. The maximum absolute atomic E-state index is 13.4. The highest BCUT2D eigenvalue weighted by Crippen LogP contribution is 2.46. The number of hydrogen-bond donors (Lipinski definition) is 2. The number of aliphatic hydroxyl groups excluding tert-OH is 1. The van der Waals surface area contributed by atoms with Gasteiger partial charge in [0.05, 0.1) is 0 Å². The highest BCUT2D eigenvalue weighted by molar-refractivity contribution is 5.39. The Bertz CT molecular complexity index is 511. The highest BCUT2D eigenvalue weighted by Gasteiger charge is 2.43. The minimum absolute atomic E-state index is 0.0721. The maximum Gasteiger partial charge on any atom is 0.127 e. The van der Waals surface area contributed by atoms with Crippen LogP contribution < -0.4 is 10.1 Å². The summed E-state index contributed by atoms with van der Waals surface area (Å²) in [7, 11) is 0. The van der Waals surface area contributed by atoms with Gasteiger partial charge in [-0.2, -0.15) is 0 Å². The average molecular weight is 279 g/mol. The van der Waals surface area contributed by atoms with E-state index in [4.69, 9.17) is 4.74 Å². The summed E-state index contributed by atoms with van der Waals surface area (Å²) in [5.41, 5.74) is 0.774. The van der Waals surface area contributed by atoms with Crippen LogP contribution in [-0.2, 0) is 0 Å². The quantitative estimate of drug-likeness (QED) is 0.890. The van der Waals surface area contributed by atoms with Crippen molar-refractivity contribution in [3.05, 3.63) is 29.6 Å². The van der Waals surface area contributed by atoms with Gasteiger partial charge in [0.1, 0.15) is 17.2 Å². The summed E-state index contributed by atoms with van der Waals surface area (Å²) in [6, 6.07) is 4.90. The molecule has 2 aliphatic rings. The second-order valence-electron chi connectivity index (χ2n) is 6.84. The molecular formula is C16H22FNO2. The van der Waals surface area contributed by atoms with Gasteiger partial charge in [0.25, 0.3) is 0 Å². The molecule has 2 N–H and O–H groups in total. The van der Waals surface area contributed by atoms with Crippen LogP contribution in [0.3, 0.4) is 0 Å². The van der Waals surface area contributed by atoms with Gasteiger partial charge < -0.3 is 15.2 Å². The summed E-state index contributed by atoms with van der Waals surface area (Å²) in [5.74, 6) is 0.363. The van der Waals surface area contributed by atoms with Crippen molar-refractivity contribution in [3.8, 4) is 5.75 Å². The molecule has 20 heavy (non-hydrogen) atoms. The van der Waals surface area contributed by atoms with Crippen molar-refractivity contribution in [2.24, 2.45) is 5.41 Å². The molecule has 3 rings (SSSR count). The Morgan fingerprint density at radius 3 is 2.80 bits per heavy atom. The standard InChI is InChI=1S/C16H22FNO2/c1-15(2)8-13(18-9-16(10-19)5-6-16)12-4-3-11(17)7-14(12)20-15/h3-4,7,13,18-19H,5-6,8-10H2,1-2H3. The van der Waals surface area contributed by atoms with E-state index in [-0.39, 0.29) is 29.5 Å². The zero-order valence-corrected chi connectivity index (χ0v) is 12.1. The Morgan fingerprint density at radius 2 is 2.15 bits per heavy atom. The first-order chi connectivity index (χ1) is 9.43. The van der Waals surface area contributed by atoms with Crippen LogP contribution in [-0.4, -0.2) is 23.9 Å². The van der Waals surface area contributed by atoms with Crippen LogP contribution >= 0.6 is 0 Å². The molecule has 0 radical (unpaired) electrons. The number of halogens is 1. The van der Waals surface area contributed by atoms with Gasteiger partial charge >= 0.3 is 0 Å². The Hall–Kier alpha value is -1.13. The van der Waals surface area contributed by atoms with Crippen LogP contribution in [0.5, 0.6) is 5.75 Å². The molecule has 1 unspecified atom stereocenters. The molecule has 0 bridgehead atoms. The molecular weight excluding hydrogens is 257 g/mol. The second kappa shape index (κ2) is 4.71. The molecule has 1 heterocycles. The second-order valence-corrected chi connectivity index (χ2v) is 6.84. The molecule has 1 aromatic carbocycles. The van der Waals surface area contributed by atoms with Gasteiger partial charge in [-0.1, -0.05) is 6.07 Å². The molecule has 0 saturated heterocycles. The zero-order chi connectivity index (χ0) is 14.4. The van der Waals surface area contributed by atoms with Gasteiger partial charge in [0.2, 0.25) is 0 Å². The zero-order valence-electron chi connectivity index (χ0n) is 12.1. The van der Waals surface area contributed by atoms with Gasteiger partial charge in [-0.15, -0.1) is 0 Å². The average Bonchev–Trinajstić information content (AvgIpc) is 3.15. The first-order valence-electron chi connectivity index (χ1n) is 7.26. The lowest BCUT2D eigenvalue weighted by atomic mass is 9.89. The van der Waals surface area contributed by atoms with Crippen molar-refractivity contribution >= 4 is 0 Å². The fourth-order valence-electron chi connectivity index (χ4n) is 2.91. The van der Waals surface area contributed by atoms with Crippen LogP contribution in [0.1, 0.15) is 44.7 Å². The lowest BCUT2D eigenvalue weighted by molar-refractivity contribution is 0.0634. The lowest BCUT2D eigenvalue weighted by Crippen LogP contribution is -2.41.